The third-order valence-corrected chi connectivity index (χ3v) is 19.3. The molecule has 4 aliphatic rings. The van der Waals surface area contributed by atoms with Crippen molar-refractivity contribution >= 4 is 53.9 Å². The number of hydrogen-bond donors (Lipinski definition) is 1. The van der Waals surface area contributed by atoms with E-state index in [1.54, 1.807) is 0 Å². The molecule has 8 atom stereocenters. The van der Waals surface area contributed by atoms with Gasteiger partial charge >= 0.3 is 0 Å². The maximum atomic E-state index is 7.88. The molecule has 4 fully saturated rings. The van der Waals surface area contributed by atoms with Crippen molar-refractivity contribution in [3.8, 4) is 22.3 Å². The summed E-state index contributed by atoms with van der Waals surface area (Å²) < 4.78 is 0. The average Bonchev–Trinajstić information content (AvgIpc) is 3.67. The second-order valence-corrected chi connectivity index (χ2v) is 22.8. The van der Waals surface area contributed by atoms with Gasteiger partial charge in [-0.1, -0.05) is 174 Å². The van der Waals surface area contributed by atoms with Crippen LogP contribution < -0.4 is 5.73 Å². The first-order valence-electron chi connectivity index (χ1n) is 25.8. The fourth-order valence-electron chi connectivity index (χ4n) is 16.0. The van der Waals surface area contributed by atoms with E-state index in [-0.39, 0.29) is 5.54 Å². The van der Waals surface area contributed by atoms with Gasteiger partial charge in [-0.15, -0.1) is 0 Å². The van der Waals surface area contributed by atoms with Crippen LogP contribution in [0.4, 0.5) is 0 Å². The van der Waals surface area contributed by atoms with E-state index >= 15 is 0 Å². The van der Waals surface area contributed by atoms with E-state index in [2.05, 4.69) is 167 Å². The first-order chi connectivity index (χ1) is 31.6. The number of fused-ring (bicyclic) bond motifs is 11. The van der Waals surface area contributed by atoms with E-state index in [9.17, 15) is 0 Å². The summed E-state index contributed by atoms with van der Waals surface area (Å²) in [5.74, 6) is 4.49. The standard InChI is InChI=1S/C64H69N/c1-41(2)14-5-8-17-48-29-31-58-62(48,3)36-34-59-63(4)35-32-46(39-49(63)33-37-64(58,59)65)42-24-26-43(27-25-42)60-53-18-9-11-20-55(53)61(56-21-12-10-19-54(56)60)52-23-13-22-50-51(52)30-28-47-38-44-15-6-7-16-45(44)40-57(47)50/h6-7,9-13,15-16,18-28,30,38,40-41,46,48-49,58-59H,5,8,14,17,29,31-37,39,65H2,1-4H3/t46?,48-,49?,58?,59?,62+,63-,64+/m0/s1. The molecular formula is C64H69N. The highest BCUT2D eigenvalue weighted by Gasteiger charge is 2.65. The molecule has 4 saturated carbocycles. The van der Waals surface area contributed by atoms with Crippen LogP contribution in [0.3, 0.4) is 0 Å². The molecule has 0 radical (unpaired) electrons. The van der Waals surface area contributed by atoms with E-state index in [0.717, 1.165) is 17.8 Å². The number of hydrogen-bond acceptors (Lipinski definition) is 1. The SMILES string of the molecule is CC(C)CCCC[C@H]1CCC2[C@]3(N)CCC4CC(c5ccc(-c6c7ccccc7c(-c7cccc8c7ccc7cc9ccccc9cc78)c7ccccc67)cc5)CC[C@]4(C)C3CC[C@@]21C. The third kappa shape index (κ3) is 6.56. The molecule has 1 heteroatoms. The Morgan fingerprint density at radius 2 is 1.17 bits per heavy atom. The van der Waals surface area contributed by atoms with Crippen LogP contribution in [0.5, 0.6) is 0 Å². The minimum atomic E-state index is 0.0256. The highest BCUT2D eigenvalue weighted by atomic mass is 14.9. The molecule has 0 aromatic heterocycles. The molecule has 0 amide bonds. The zero-order valence-corrected chi connectivity index (χ0v) is 39.5. The Balaban J connectivity index is 0.839. The summed E-state index contributed by atoms with van der Waals surface area (Å²) in [7, 11) is 0. The molecule has 330 valence electrons. The van der Waals surface area contributed by atoms with Crippen molar-refractivity contribution in [1.82, 2.24) is 0 Å². The molecule has 0 bridgehead atoms. The summed E-state index contributed by atoms with van der Waals surface area (Å²) in [6.45, 7) is 10.1. The van der Waals surface area contributed by atoms with Crippen molar-refractivity contribution in [2.45, 2.75) is 123 Å². The van der Waals surface area contributed by atoms with Gasteiger partial charge in [0.15, 0.2) is 0 Å². The molecule has 4 aliphatic carbocycles. The van der Waals surface area contributed by atoms with Crippen LogP contribution in [0.1, 0.15) is 123 Å². The minimum Gasteiger partial charge on any atom is -0.325 e. The Bertz CT molecular complexity index is 3040. The lowest BCUT2D eigenvalue weighted by molar-refractivity contribution is -0.128. The highest BCUT2D eigenvalue weighted by molar-refractivity contribution is 6.25. The molecular weight excluding hydrogens is 783 g/mol. The summed E-state index contributed by atoms with van der Waals surface area (Å²) >= 11 is 0. The van der Waals surface area contributed by atoms with Gasteiger partial charge in [-0.3, -0.25) is 0 Å². The average molecular weight is 852 g/mol. The lowest BCUT2D eigenvalue weighted by Crippen LogP contribution is -2.68. The first kappa shape index (κ1) is 41.5. The number of rotatable bonds is 8. The van der Waals surface area contributed by atoms with Crippen molar-refractivity contribution < 1.29 is 0 Å². The summed E-state index contributed by atoms with van der Waals surface area (Å²) in [5.41, 5.74) is 15.5. The minimum absolute atomic E-state index is 0.0256. The summed E-state index contributed by atoms with van der Waals surface area (Å²) in [6.07, 6.45) is 17.7. The Labute approximate surface area is 388 Å². The van der Waals surface area contributed by atoms with Gasteiger partial charge in [0, 0.05) is 5.54 Å². The lowest BCUT2D eigenvalue weighted by Gasteiger charge is -2.65. The van der Waals surface area contributed by atoms with Crippen LogP contribution in [0.25, 0.3) is 76.1 Å². The Kier molecular flexibility index (Phi) is 10.1. The Morgan fingerprint density at radius 1 is 0.523 bits per heavy atom. The Morgan fingerprint density at radius 3 is 1.89 bits per heavy atom. The van der Waals surface area contributed by atoms with Crippen LogP contribution in [-0.2, 0) is 0 Å². The maximum absolute atomic E-state index is 7.88. The van der Waals surface area contributed by atoms with E-state index in [0.29, 0.717) is 28.6 Å². The van der Waals surface area contributed by atoms with Crippen LogP contribution in [0.2, 0.25) is 0 Å². The van der Waals surface area contributed by atoms with Gasteiger partial charge in [0.2, 0.25) is 0 Å². The van der Waals surface area contributed by atoms with E-state index in [1.165, 1.54) is 165 Å². The number of nitrogens with two attached hydrogens (primary N) is 1. The van der Waals surface area contributed by atoms with Crippen LogP contribution in [0, 0.1) is 40.4 Å². The molecule has 1 nitrogen and oxygen atoms in total. The quantitative estimate of drug-likeness (QED) is 0.0920. The second kappa shape index (κ2) is 15.8. The normalized spacial score (nSPS) is 28.9. The second-order valence-electron chi connectivity index (χ2n) is 22.8. The zero-order valence-electron chi connectivity index (χ0n) is 39.5. The van der Waals surface area contributed by atoms with Gasteiger partial charge in [0.1, 0.15) is 0 Å². The summed E-state index contributed by atoms with van der Waals surface area (Å²) in [5, 5.41) is 13.1. The zero-order chi connectivity index (χ0) is 44.1. The van der Waals surface area contributed by atoms with E-state index in [4.69, 9.17) is 5.73 Å². The summed E-state index contributed by atoms with van der Waals surface area (Å²) in [6, 6.07) is 53.3. The molecule has 8 aromatic carbocycles. The predicted octanol–water partition coefficient (Wildman–Crippen LogP) is 17.8. The molecule has 0 heterocycles. The first-order valence-corrected chi connectivity index (χ1v) is 25.8. The molecule has 8 aromatic rings. The monoisotopic (exact) mass is 852 g/mol. The molecule has 2 N–H and O–H groups in total. The van der Waals surface area contributed by atoms with Crippen molar-refractivity contribution in [3.63, 3.8) is 0 Å². The third-order valence-electron chi connectivity index (χ3n) is 19.3. The maximum Gasteiger partial charge on any atom is 0.0222 e. The van der Waals surface area contributed by atoms with Crippen LogP contribution >= 0.6 is 0 Å². The van der Waals surface area contributed by atoms with Crippen molar-refractivity contribution in [3.05, 3.63) is 145 Å². The summed E-state index contributed by atoms with van der Waals surface area (Å²) in [4.78, 5) is 0. The number of benzene rings is 8. The lowest BCUT2D eigenvalue weighted by atomic mass is 9.41. The highest BCUT2D eigenvalue weighted by Crippen LogP contribution is 2.69. The van der Waals surface area contributed by atoms with E-state index in [1.807, 2.05) is 0 Å². The van der Waals surface area contributed by atoms with Crippen LogP contribution in [0.15, 0.2) is 140 Å². The molecule has 65 heavy (non-hydrogen) atoms. The fourth-order valence-corrected chi connectivity index (χ4v) is 16.0. The largest absolute Gasteiger partial charge is 0.325 e. The van der Waals surface area contributed by atoms with Crippen LogP contribution in [-0.4, -0.2) is 5.54 Å². The smallest absolute Gasteiger partial charge is 0.0222 e. The van der Waals surface area contributed by atoms with Crippen molar-refractivity contribution in [2.24, 2.45) is 46.2 Å². The molecule has 4 unspecified atom stereocenters. The van der Waals surface area contributed by atoms with Gasteiger partial charge in [-0.05, 0) is 204 Å². The molecule has 0 aliphatic heterocycles. The molecule has 0 spiro atoms. The van der Waals surface area contributed by atoms with Gasteiger partial charge in [-0.25, -0.2) is 0 Å². The van der Waals surface area contributed by atoms with Gasteiger partial charge in [-0.2, -0.15) is 0 Å². The molecule has 0 saturated heterocycles. The topological polar surface area (TPSA) is 26.0 Å². The van der Waals surface area contributed by atoms with Gasteiger partial charge in [0.05, 0.1) is 0 Å². The Hall–Kier alpha value is -4.98. The van der Waals surface area contributed by atoms with Gasteiger partial charge < -0.3 is 5.73 Å². The van der Waals surface area contributed by atoms with Crippen molar-refractivity contribution in [1.29, 1.82) is 0 Å². The predicted molar refractivity (Wildman–Crippen MR) is 280 cm³/mol. The van der Waals surface area contributed by atoms with Gasteiger partial charge in [0.25, 0.3) is 0 Å². The van der Waals surface area contributed by atoms with E-state index < -0.39 is 0 Å². The number of unbranched alkanes of at least 4 members (excludes halogenated alkanes) is 1. The fraction of sp³-hybridized carbons (Fsp3) is 0.406. The molecule has 12 rings (SSSR count). The van der Waals surface area contributed by atoms with Crippen molar-refractivity contribution in [2.75, 3.05) is 0 Å².